The van der Waals surface area contributed by atoms with E-state index in [-0.39, 0.29) is 17.9 Å². The lowest BCUT2D eigenvalue weighted by Crippen LogP contribution is -2.18. The van der Waals surface area contributed by atoms with Crippen molar-refractivity contribution >= 4 is 11.8 Å². The molecule has 0 atom stereocenters. The Labute approximate surface area is 135 Å². The summed E-state index contributed by atoms with van der Waals surface area (Å²) in [4.78, 5) is 11.7. The fraction of sp³-hybridized carbons (Fsp3) is 0.125. The summed E-state index contributed by atoms with van der Waals surface area (Å²) in [5.41, 5.74) is 0.520. The first kappa shape index (κ1) is 17.1. The molecule has 2 aromatic carbocycles. The van der Waals surface area contributed by atoms with Gasteiger partial charge in [-0.05, 0) is 23.8 Å². The van der Waals surface area contributed by atoms with Crippen LogP contribution in [0.2, 0.25) is 0 Å². The molecule has 24 heavy (non-hydrogen) atoms. The number of rotatable bonds is 4. The number of nitrogens with zero attached hydrogens (tertiary/aromatic N) is 1. The molecule has 5 nitrogen and oxygen atoms in total. The van der Waals surface area contributed by atoms with Crippen LogP contribution < -0.4 is 10.1 Å². The first-order valence-corrected chi connectivity index (χ1v) is 6.65. The summed E-state index contributed by atoms with van der Waals surface area (Å²) in [7, 11) is 0. The second kappa shape index (κ2) is 7.37. The van der Waals surface area contributed by atoms with Crippen LogP contribution >= 0.6 is 0 Å². The molecule has 0 unspecified atom stereocenters. The van der Waals surface area contributed by atoms with E-state index in [0.29, 0.717) is 0 Å². The molecule has 2 rings (SSSR count). The van der Waals surface area contributed by atoms with Gasteiger partial charge >= 0.3 is 12.5 Å². The Morgan fingerprint density at radius 1 is 1.17 bits per heavy atom. The van der Waals surface area contributed by atoms with Crippen molar-refractivity contribution in [3.63, 3.8) is 0 Å². The van der Waals surface area contributed by atoms with Crippen molar-refractivity contribution in [3.8, 4) is 11.8 Å². The quantitative estimate of drug-likeness (QED) is 0.908. The van der Waals surface area contributed by atoms with Gasteiger partial charge < -0.3 is 9.47 Å². The first-order chi connectivity index (χ1) is 11.4. The zero-order chi connectivity index (χ0) is 17.6. The van der Waals surface area contributed by atoms with Gasteiger partial charge in [0, 0.05) is 5.69 Å². The van der Waals surface area contributed by atoms with E-state index in [2.05, 4.69) is 10.1 Å². The van der Waals surface area contributed by atoms with Crippen LogP contribution in [0.15, 0.2) is 48.5 Å². The van der Waals surface area contributed by atoms with Crippen LogP contribution in [0.25, 0.3) is 0 Å². The Balaban J connectivity index is 1.99. The zero-order valence-electron chi connectivity index (χ0n) is 12.1. The molecule has 0 heterocycles. The van der Waals surface area contributed by atoms with E-state index in [0.717, 1.165) is 17.7 Å². The number of amides is 1. The fourth-order valence-corrected chi connectivity index (χ4v) is 1.79. The minimum atomic E-state index is -4.91. The number of alkyl halides is 3. The lowest BCUT2D eigenvalue weighted by atomic mass is 10.2. The molecular weight excluding hydrogens is 325 g/mol. The Morgan fingerprint density at radius 2 is 1.88 bits per heavy atom. The van der Waals surface area contributed by atoms with Crippen LogP contribution in [0.5, 0.6) is 5.75 Å². The molecule has 0 aliphatic carbocycles. The first-order valence-electron chi connectivity index (χ1n) is 6.65. The molecule has 0 saturated carbocycles. The monoisotopic (exact) mass is 336 g/mol. The van der Waals surface area contributed by atoms with Crippen LogP contribution in [-0.4, -0.2) is 12.5 Å². The van der Waals surface area contributed by atoms with E-state index in [4.69, 9.17) is 10.00 Å². The third kappa shape index (κ3) is 5.21. The van der Waals surface area contributed by atoms with Gasteiger partial charge in [0.2, 0.25) is 0 Å². The zero-order valence-corrected chi connectivity index (χ0v) is 12.1. The van der Waals surface area contributed by atoms with Crippen molar-refractivity contribution in [2.24, 2.45) is 0 Å². The molecule has 0 radical (unpaired) electrons. The maximum atomic E-state index is 12.2. The van der Waals surface area contributed by atoms with E-state index >= 15 is 0 Å². The number of benzene rings is 2. The van der Waals surface area contributed by atoms with E-state index in [9.17, 15) is 18.0 Å². The third-order valence-corrected chi connectivity index (χ3v) is 2.78. The van der Waals surface area contributed by atoms with Gasteiger partial charge in [-0.2, -0.15) is 5.26 Å². The summed E-state index contributed by atoms with van der Waals surface area (Å²) in [6, 6.07) is 13.7. The molecule has 8 heteroatoms. The lowest BCUT2D eigenvalue weighted by Gasteiger charge is -2.12. The summed E-state index contributed by atoms with van der Waals surface area (Å²) in [6.07, 6.45) is -5.71. The molecule has 124 valence electrons. The fourth-order valence-electron chi connectivity index (χ4n) is 1.79. The second-order valence-electron chi connectivity index (χ2n) is 4.56. The van der Waals surface area contributed by atoms with Gasteiger partial charge in [-0.15, -0.1) is 13.2 Å². The molecule has 1 N–H and O–H groups in total. The Bertz CT molecular complexity index is 755. The van der Waals surface area contributed by atoms with Crippen molar-refractivity contribution in [2.75, 3.05) is 5.32 Å². The molecule has 0 aliphatic heterocycles. The summed E-state index contributed by atoms with van der Waals surface area (Å²) < 4.78 is 45.3. The number of halogens is 3. The number of carbonyl (C=O) groups is 1. The number of anilines is 1. The Kier molecular flexibility index (Phi) is 5.27. The molecule has 0 fully saturated rings. The maximum Gasteiger partial charge on any atom is 0.573 e. The number of nitrogens with one attached hydrogen (secondary N) is 1. The summed E-state index contributed by atoms with van der Waals surface area (Å²) in [5, 5.41) is 11.2. The minimum Gasteiger partial charge on any atom is -0.444 e. The average molecular weight is 336 g/mol. The normalized spacial score (nSPS) is 10.6. The van der Waals surface area contributed by atoms with E-state index < -0.39 is 18.2 Å². The minimum absolute atomic E-state index is 0.0348. The summed E-state index contributed by atoms with van der Waals surface area (Å²) in [5.74, 6) is -0.645. The number of nitriles is 1. The predicted octanol–water partition coefficient (Wildman–Crippen LogP) is 4.21. The van der Waals surface area contributed by atoms with Gasteiger partial charge in [-0.25, -0.2) is 4.79 Å². The lowest BCUT2D eigenvalue weighted by molar-refractivity contribution is -0.274. The van der Waals surface area contributed by atoms with Crippen LogP contribution in [-0.2, 0) is 11.3 Å². The maximum absolute atomic E-state index is 12.2. The average Bonchev–Trinajstić information content (AvgIpc) is 2.54. The smallest absolute Gasteiger partial charge is 0.444 e. The van der Waals surface area contributed by atoms with Crippen molar-refractivity contribution in [2.45, 2.75) is 13.0 Å². The van der Waals surface area contributed by atoms with Crippen LogP contribution in [0, 0.1) is 11.3 Å². The van der Waals surface area contributed by atoms with Crippen LogP contribution in [0.1, 0.15) is 11.1 Å². The van der Waals surface area contributed by atoms with Gasteiger partial charge in [-0.1, -0.05) is 30.3 Å². The molecule has 0 aliphatic rings. The van der Waals surface area contributed by atoms with Crippen LogP contribution in [0.3, 0.4) is 0 Å². The predicted molar refractivity (Wildman–Crippen MR) is 78.1 cm³/mol. The molecule has 1 amide bonds. The molecule has 0 bridgehead atoms. The highest BCUT2D eigenvalue weighted by molar-refractivity contribution is 5.85. The largest absolute Gasteiger partial charge is 0.573 e. The van der Waals surface area contributed by atoms with Crippen molar-refractivity contribution in [1.29, 1.82) is 5.26 Å². The highest BCUT2D eigenvalue weighted by Gasteiger charge is 2.32. The van der Waals surface area contributed by atoms with Crippen molar-refractivity contribution in [3.05, 3.63) is 59.7 Å². The molecule has 0 saturated heterocycles. The number of ether oxygens (including phenoxy) is 2. The SMILES string of the molecule is N#Cc1cc(NC(=O)OCc2ccccc2)ccc1OC(F)(F)F. The molecular formula is C16H11F3N2O3. The van der Waals surface area contributed by atoms with E-state index in [1.807, 2.05) is 6.07 Å². The summed E-state index contributed by atoms with van der Waals surface area (Å²) >= 11 is 0. The third-order valence-electron chi connectivity index (χ3n) is 2.78. The summed E-state index contributed by atoms with van der Waals surface area (Å²) in [6.45, 7) is 0.0348. The highest BCUT2D eigenvalue weighted by Crippen LogP contribution is 2.28. The number of carbonyl (C=O) groups excluding carboxylic acids is 1. The van der Waals surface area contributed by atoms with Crippen LogP contribution in [0.4, 0.5) is 23.7 Å². The van der Waals surface area contributed by atoms with Crippen molar-refractivity contribution < 1.29 is 27.4 Å². The molecule has 2 aromatic rings. The van der Waals surface area contributed by atoms with Gasteiger partial charge in [-0.3, -0.25) is 5.32 Å². The second-order valence-corrected chi connectivity index (χ2v) is 4.56. The van der Waals surface area contributed by atoms with Crippen molar-refractivity contribution in [1.82, 2.24) is 0 Å². The molecule has 0 aromatic heterocycles. The van der Waals surface area contributed by atoms with Gasteiger partial charge in [0.15, 0.2) is 0 Å². The van der Waals surface area contributed by atoms with Gasteiger partial charge in [0.1, 0.15) is 18.4 Å². The topological polar surface area (TPSA) is 71.4 Å². The Hall–Kier alpha value is -3.21. The standard InChI is InChI=1S/C16H11F3N2O3/c17-16(18,19)24-14-7-6-13(8-12(14)9-20)21-15(22)23-10-11-4-2-1-3-5-11/h1-8H,10H2,(H,21,22). The molecule has 0 spiro atoms. The number of hydrogen-bond donors (Lipinski definition) is 1. The Morgan fingerprint density at radius 3 is 2.50 bits per heavy atom. The van der Waals surface area contributed by atoms with E-state index in [1.54, 1.807) is 30.3 Å². The van der Waals surface area contributed by atoms with E-state index in [1.165, 1.54) is 6.07 Å². The van der Waals surface area contributed by atoms with Gasteiger partial charge in [0.25, 0.3) is 0 Å². The number of hydrogen-bond acceptors (Lipinski definition) is 4. The van der Waals surface area contributed by atoms with Gasteiger partial charge in [0.05, 0.1) is 5.56 Å². The highest BCUT2D eigenvalue weighted by atomic mass is 19.4.